The lowest BCUT2D eigenvalue weighted by Gasteiger charge is -2.16. The van der Waals surface area contributed by atoms with E-state index in [1.807, 2.05) is 6.92 Å². The second-order valence-electron chi connectivity index (χ2n) is 5.24. The number of hydrogen-bond donors (Lipinski definition) is 2. The molecule has 18 heavy (non-hydrogen) atoms. The van der Waals surface area contributed by atoms with Crippen molar-refractivity contribution in [3.63, 3.8) is 0 Å². The average molecular weight is 256 g/mol. The van der Waals surface area contributed by atoms with Crippen LogP contribution in [-0.2, 0) is 9.53 Å². The molecule has 0 bridgehead atoms. The predicted molar refractivity (Wildman–Crippen MR) is 73.6 cm³/mol. The Labute approximate surface area is 111 Å². The third-order valence-electron chi connectivity index (χ3n) is 3.61. The molecule has 0 heterocycles. The monoisotopic (exact) mass is 256 g/mol. The van der Waals surface area contributed by atoms with Gasteiger partial charge < -0.3 is 15.4 Å². The molecule has 1 unspecified atom stereocenters. The van der Waals surface area contributed by atoms with E-state index in [0.717, 1.165) is 6.54 Å². The van der Waals surface area contributed by atoms with E-state index >= 15 is 0 Å². The fourth-order valence-electron chi connectivity index (χ4n) is 2.38. The number of carbonyl (C=O) groups is 1. The molecule has 1 amide bonds. The highest BCUT2D eigenvalue weighted by Gasteiger charge is 2.11. The molecule has 4 nitrogen and oxygen atoms in total. The summed E-state index contributed by atoms with van der Waals surface area (Å²) in [7, 11) is 1.63. The number of carbonyl (C=O) groups excluding carboxylic acids is 1. The molecule has 1 aliphatic rings. The Balaban J connectivity index is 2.01. The minimum atomic E-state index is -0.000170. The van der Waals surface area contributed by atoms with E-state index < -0.39 is 0 Å². The van der Waals surface area contributed by atoms with Gasteiger partial charge in [0.25, 0.3) is 0 Å². The first-order valence-corrected chi connectivity index (χ1v) is 7.25. The van der Waals surface area contributed by atoms with Crippen molar-refractivity contribution < 1.29 is 9.53 Å². The molecule has 0 aromatic heterocycles. The van der Waals surface area contributed by atoms with Gasteiger partial charge in [0, 0.05) is 26.2 Å². The van der Waals surface area contributed by atoms with Gasteiger partial charge in [0.15, 0.2) is 0 Å². The van der Waals surface area contributed by atoms with Gasteiger partial charge in [-0.1, -0.05) is 25.7 Å². The van der Waals surface area contributed by atoms with Crippen LogP contribution < -0.4 is 10.6 Å². The highest BCUT2D eigenvalue weighted by atomic mass is 16.5. The van der Waals surface area contributed by atoms with Crippen molar-refractivity contribution in [3.8, 4) is 0 Å². The molecule has 0 spiro atoms. The second kappa shape index (κ2) is 9.34. The lowest BCUT2D eigenvalue weighted by atomic mass is 10.1. The zero-order valence-corrected chi connectivity index (χ0v) is 11.8. The van der Waals surface area contributed by atoms with Crippen LogP contribution in [-0.4, -0.2) is 38.3 Å². The summed E-state index contributed by atoms with van der Waals surface area (Å²) in [5, 5.41) is 6.46. The van der Waals surface area contributed by atoms with Crippen LogP contribution in [0.25, 0.3) is 0 Å². The molecule has 0 aromatic rings. The van der Waals surface area contributed by atoms with Crippen LogP contribution in [0, 0.1) is 0 Å². The molecule has 2 N–H and O–H groups in total. The number of amides is 1. The summed E-state index contributed by atoms with van der Waals surface area (Å²) in [5.74, 6) is 0.0759. The normalized spacial score (nSPS) is 19.2. The van der Waals surface area contributed by atoms with Gasteiger partial charge in [0.2, 0.25) is 5.91 Å². The Kier molecular flexibility index (Phi) is 8.01. The van der Waals surface area contributed by atoms with Crippen molar-refractivity contribution in [2.45, 2.75) is 64.0 Å². The maximum atomic E-state index is 11.5. The first kappa shape index (κ1) is 15.4. The maximum absolute atomic E-state index is 11.5. The van der Waals surface area contributed by atoms with Crippen molar-refractivity contribution in [1.82, 2.24) is 10.6 Å². The highest BCUT2D eigenvalue weighted by molar-refractivity contribution is 5.76. The summed E-state index contributed by atoms with van der Waals surface area (Å²) < 4.78 is 5.06. The van der Waals surface area contributed by atoms with Crippen molar-refractivity contribution >= 4 is 5.91 Å². The maximum Gasteiger partial charge on any atom is 0.222 e. The molecule has 0 aliphatic heterocycles. The summed E-state index contributed by atoms with van der Waals surface area (Å²) in [6.45, 7) is 3.49. The first-order valence-electron chi connectivity index (χ1n) is 7.25. The van der Waals surface area contributed by atoms with Crippen LogP contribution in [0.2, 0.25) is 0 Å². The summed E-state index contributed by atoms with van der Waals surface area (Å²) >= 11 is 0. The van der Waals surface area contributed by atoms with Gasteiger partial charge in [0.1, 0.15) is 0 Å². The Morgan fingerprint density at radius 1 is 1.22 bits per heavy atom. The first-order chi connectivity index (χ1) is 8.72. The number of hydrogen-bond acceptors (Lipinski definition) is 3. The van der Waals surface area contributed by atoms with Gasteiger partial charge in [0.05, 0.1) is 12.5 Å². The summed E-state index contributed by atoms with van der Waals surface area (Å²) in [5.41, 5.74) is 0. The number of ether oxygens (including phenoxy) is 1. The van der Waals surface area contributed by atoms with E-state index in [1.165, 1.54) is 38.5 Å². The third kappa shape index (κ3) is 6.97. The third-order valence-corrected chi connectivity index (χ3v) is 3.61. The standard InChI is InChI=1S/C14H28N2O2/c1-12(18-2)11-14(17)16-10-9-15-13-7-5-3-4-6-8-13/h12-13,15H,3-11H2,1-2H3,(H,16,17). The molecular formula is C14H28N2O2. The quantitative estimate of drug-likeness (QED) is 0.540. The summed E-state index contributed by atoms with van der Waals surface area (Å²) in [6, 6.07) is 0.655. The minimum absolute atomic E-state index is 0.000170. The lowest BCUT2D eigenvalue weighted by Crippen LogP contribution is -2.37. The van der Waals surface area contributed by atoms with E-state index in [4.69, 9.17) is 4.74 Å². The number of rotatable bonds is 7. The van der Waals surface area contributed by atoms with Crippen LogP contribution >= 0.6 is 0 Å². The number of methoxy groups -OCH3 is 1. The van der Waals surface area contributed by atoms with Crippen molar-refractivity contribution in [2.75, 3.05) is 20.2 Å². The van der Waals surface area contributed by atoms with E-state index in [2.05, 4.69) is 10.6 Å². The SMILES string of the molecule is COC(C)CC(=O)NCCNC1CCCCCC1. The number of nitrogens with one attached hydrogen (secondary N) is 2. The summed E-state index contributed by atoms with van der Waals surface area (Å²) in [6.07, 6.45) is 8.46. The van der Waals surface area contributed by atoms with Gasteiger partial charge in [-0.25, -0.2) is 0 Å². The average Bonchev–Trinajstić information content (AvgIpc) is 2.63. The Bertz CT molecular complexity index is 226. The van der Waals surface area contributed by atoms with Crippen LogP contribution in [0.4, 0.5) is 0 Å². The fraction of sp³-hybridized carbons (Fsp3) is 0.929. The van der Waals surface area contributed by atoms with Gasteiger partial charge in [-0.05, 0) is 19.8 Å². The fourth-order valence-corrected chi connectivity index (χ4v) is 2.38. The van der Waals surface area contributed by atoms with E-state index in [9.17, 15) is 4.79 Å². The molecule has 1 rings (SSSR count). The van der Waals surface area contributed by atoms with Crippen LogP contribution in [0.3, 0.4) is 0 Å². The van der Waals surface area contributed by atoms with Gasteiger partial charge >= 0.3 is 0 Å². The molecule has 1 fully saturated rings. The van der Waals surface area contributed by atoms with E-state index in [0.29, 0.717) is 19.0 Å². The molecule has 0 aromatic carbocycles. The van der Waals surface area contributed by atoms with Crippen molar-refractivity contribution in [3.05, 3.63) is 0 Å². The molecule has 1 saturated carbocycles. The molecule has 1 aliphatic carbocycles. The summed E-state index contributed by atoms with van der Waals surface area (Å²) in [4.78, 5) is 11.5. The molecular weight excluding hydrogens is 228 g/mol. The second-order valence-corrected chi connectivity index (χ2v) is 5.24. The van der Waals surface area contributed by atoms with Gasteiger partial charge in [-0.2, -0.15) is 0 Å². The smallest absolute Gasteiger partial charge is 0.222 e. The van der Waals surface area contributed by atoms with Crippen LogP contribution in [0.1, 0.15) is 51.9 Å². The predicted octanol–water partition coefficient (Wildman–Crippen LogP) is 1.84. The largest absolute Gasteiger partial charge is 0.381 e. The van der Waals surface area contributed by atoms with Crippen molar-refractivity contribution in [2.24, 2.45) is 0 Å². The van der Waals surface area contributed by atoms with Crippen LogP contribution in [0.5, 0.6) is 0 Å². The molecule has 106 valence electrons. The van der Waals surface area contributed by atoms with Crippen molar-refractivity contribution in [1.29, 1.82) is 0 Å². The zero-order valence-electron chi connectivity index (χ0n) is 11.8. The Hall–Kier alpha value is -0.610. The molecule has 0 saturated heterocycles. The topological polar surface area (TPSA) is 50.4 Å². The minimum Gasteiger partial charge on any atom is -0.381 e. The Morgan fingerprint density at radius 3 is 2.50 bits per heavy atom. The highest BCUT2D eigenvalue weighted by Crippen LogP contribution is 2.16. The van der Waals surface area contributed by atoms with Gasteiger partial charge in [-0.15, -0.1) is 0 Å². The molecule has 4 heteroatoms. The lowest BCUT2D eigenvalue weighted by molar-refractivity contribution is -0.123. The molecule has 1 atom stereocenters. The zero-order chi connectivity index (χ0) is 13.2. The van der Waals surface area contributed by atoms with E-state index in [-0.39, 0.29) is 12.0 Å². The van der Waals surface area contributed by atoms with Gasteiger partial charge in [-0.3, -0.25) is 4.79 Å². The van der Waals surface area contributed by atoms with Crippen LogP contribution in [0.15, 0.2) is 0 Å². The Morgan fingerprint density at radius 2 is 1.89 bits per heavy atom. The van der Waals surface area contributed by atoms with E-state index in [1.54, 1.807) is 7.11 Å². The molecule has 0 radical (unpaired) electrons.